The summed E-state index contributed by atoms with van der Waals surface area (Å²) in [6.45, 7) is 13.1. The Hall–Kier alpha value is -9.26. The van der Waals surface area contributed by atoms with E-state index in [2.05, 4.69) is 221 Å². The lowest BCUT2D eigenvalue weighted by molar-refractivity contribution is 0.616. The normalized spacial score (nSPS) is 12.8. The third kappa shape index (κ3) is 6.58. The second-order valence-electron chi connectivity index (χ2n) is 20.4. The van der Waals surface area contributed by atoms with Crippen molar-refractivity contribution in [3.63, 3.8) is 0 Å². The van der Waals surface area contributed by atoms with E-state index >= 15 is 0 Å². The summed E-state index contributed by atoms with van der Waals surface area (Å²) in [4.78, 5) is 16.0. The summed E-state index contributed by atoms with van der Waals surface area (Å²) < 4.78 is 14.9. The van der Waals surface area contributed by atoms with Crippen molar-refractivity contribution in [2.75, 3.05) is 9.80 Å². The fourth-order valence-corrected chi connectivity index (χ4v) is 12.4. The molecule has 0 radical (unpaired) electrons. The Morgan fingerprint density at radius 2 is 0.720 bits per heavy atom. The fraction of sp³-hybridized carbons (Fsp3) is 0.101. The van der Waals surface area contributed by atoms with Gasteiger partial charge in [0.2, 0.25) is 11.8 Å². The van der Waals surface area contributed by atoms with Gasteiger partial charge in [-0.2, -0.15) is 0 Å². The lowest BCUT2D eigenvalue weighted by atomic mass is 9.70. The number of para-hydroxylation sites is 2. The van der Waals surface area contributed by atoms with Gasteiger partial charge in [0.1, 0.15) is 11.0 Å². The number of rotatable bonds is 8. The molecule has 0 amide bonds. The van der Waals surface area contributed by atoms with Crippen LogP contribution in [0.3, 0.4) is 0 Å². The number of hydrogen-bond donors (Lipinski definition) is 0. The number of hydrogen-bond acceptors (Lipinski definition) is 6. The van der Waals surface area contributed by atoms with Gasteiger partial charge in [-0.05, 0) is 158 Å². The Bertz CT molecular complexity index is 3930. The first kappa shape index (κ1) is 44.4. The predicted molar refractivity (Wildman–Crippen MR) is 307 cm³/mol. The van der Waals surface area contributed by atoms with Crippen LogP contribution in [0.2, 0.25) is 0 Å². The quantitative estimate of drug-likeness (QED) is 0.151. The van der Waals surface area contributed by atoms with Crippen molar-refractivity contribution in [2.24, 2.45) is 0 Å². The molecule has 360 valence electrons. The fourth-order valence-electron chi connectivity index (χ4n) is 12.4. The second kappa shape index (κ2) is 16.9. The molecule has 0 unspecified atom stereocenters. The van der Waals surface area contributed by atoms with E-state index in [-0.39, 0.29) is 0 Å². The van der Waals surface area contributed by atoms with Crippen molar-refractivity contribution in [1.29, 1.82) is 0 Å². The second-order valence-corrected chi connectivity index (χ2v) is 20.4. The van der Waals surface area contributed by atoms with Crippen molar-refractivity contribution in [3.8, 4) is 45.2 Å². The third-order valence-electron chi connectivity index (χ3n) is 15.7. The minimum Gasteiger partial charge on any atom is -0.435 e. The van der Waals surface area contributed by atoms with Gasteiger partial charge in [0, 0.05) is 33.6 Å². The molecule has 6 nitrogen and oxygen atoms in total. The molecule has 0 atom stereocenters. The van der Waals surface area contributed by atoms with Crippen LogP contribution in [0.5, 0.6) is 0 Å². The van der Waals surface area contributed by atoms with Gasteiger partial charge in [0.25, 0.3) is 0 Å². The molecule has 0 aliphatic heterocycles. The van der Waals surface area contributed by atoms with Crippen LogP contribution in [0.1, 0.15) is 55.6 Å². The van der Waals surface area contributed by atoms with Gasteiger partial charge in [0.15, 0.2) is 11.2 Å². The number of nitrogens with zero attached hydrogens (tertiary/aromatic N) is 4. The molecule has 6 heteroatoms. The molecular formula is C69H52N4O2. The van der Waals surface area contributed by atoms with Gasteiger partial charge in [-0.25, -0.2) is 9.97 Å². The number of benzene rings is 10. The van der Waals surface area contributed by atoms with Gasteiger partial charge in [-0.1, -0.05) is 157 Å². The van der Waals surface area contributed by atoms with E-state index in [1.54, 1.807) is 0 Å². The van der Waals surface area contributed by atoms with Crippen molar-refractivity contribution in [2.45, 2.75) is 47.0 Å². The Morgan fingerprint density at radius 3 is 1.11 bits per heavy atom. The number of oxazole rings is 2. The lowest BCUT2D eigenvalue weighted by Crippen LogP contribution is -2.27. The highest BCUT2D eigenvalue weighted by molar-refractivity contribution is 6.16. The first-order valence-electron chi connectivity index (χ1n) is 25.8. The standard InChI is InChI=1S/C69H52N4O2/c1-41-31-35-49(36-32-41)72(63-43(3)19-17-20-44(63)4)57-39-55-59(65-61(57)70-67(74-65)47-23-9-7-10-24-47)60-56(69(55)53-29-15-13-27-51(53)52-28-14-16-30-54(52)69)40-58(62-66(60)75-68(71-62)48-25-11-8-12-26-48)73(50-37-33-42(2)34-38-50)64-45(5)21-18-22-46(64)6/h7-40H,1-6H3. The zero-order valence-electron chi connectivity index (χ0n) is 42.7. The van der Waals surface area contributed by atoms with Crippen molar-refractivity contribution in [3.05, 3.63) is 262 Å². The minimum absolute atomic E-state index is 0.538. The van der Waals surface area contributed by atoms with E-state index in [1.807, 2.05) is 36.4 Å². The number of anilines is 6. The zero-order chi connectivity index (χ0) is 50.7. The molecule has 0 N–H and O–H groups in total. The Balaban J connectivity index is 1.21. The summed E-state index contributed by atoms with van der Waals surface area (Å²) in [5.74, 6) is 1.08. The summed E-state index contributed by atoms with van der Waals surface area (Å²) in [5.41, 5.74) is 25.6. The van der Waals surface area contributed by atoms with E-state index in [1.165, 1.54) is 33.4 Å². The Morgan fingerprint density at radius 1 is 0.360 bits per heavy atom. The van der Waals surface area contributed by atoms with Crippen molar-refractivity contribution < 1.29 is 8.83 Å². The molecule has 75 heavy (non-hydrogen) atoms. The van der Waals surface area contributed by atoms with Crippen LogP contribution in [-0.2, 0) is 5.41 Å². The van der Waals surface area contributed by atoms with Crippen molar-refractivity contribution >= 4 is 56.3 Å². The molecule has 12 aromatic rings. The zero-order valence-corrected chi connectivity index (χ0v) is 42.7. The molecule has 2 heterocycles. The number of fused-ring (bicyclic) bond motifs is 14. The maximum absolute atomic E-state index is 7.46. The molecule has 10 aromatic carbocycles. The van der Waals surface area contributed by atoms with Gasteiger partial charge < -0.3 is 18.6 Å². The summed E-state index contributed by atoms with van der Waals surface area (Å²) in [6, 6.07) is 74.2. The third-order valence-corrected chi connectivity index (χ3v) is 15.7. The van der Waals surface area contributed by atoms with E-state index in [0.29, 0.717) is 22.9 Å². The largest absolute Gasteiger partial charge is 0.435 e. The van der Waals surface area contributed by atoms with Crippen LogP contribution in [0.25, 0.3) is 67.4 Å². The molecule has 2 aliphatic carbocycles. The number of aromatic nitrogens is 2. The highest BCUT2D eigenvalue weighted by atomic mass is 16.4. The van der Waals surface area contributed by atoms with Crippen LogP contribution in [0, 0.1) is 41.5 Å². The Labute approximate surface area is 436 Å². The molecule has 0 bridgehead atoms. The summed E-state index contributed by atoms with van der Waals surface area (Å²) in [6.07, 6.45) is 0. The Kier molecular flexibility index (Phi) is 10.0. The molecule has 0 saturated carbocycles. The molecule has 14 rings (SSSR count). The number of aryl methyl sites for hydroxylation is 6. The van der Waals surface area contributed by atoms with Gasteiger partial charge in [0.05, 0.1) is 28.2 Å². The predicted octanol–water partition coefficient (Wildman–Crippen LogP) is 18.4. The van der Waals surface area contributed by atoms with E-state index < -0.39 is 5.41 Å². The molecule has 2 aliphatic rings. The van der Waals surface area contributed by atoms with Gasteiger partial charge in [-0.3, -0.25) is 0 Å². The first-order valence-corrected chi connectivity index (χ1v) is 25.8. The van der Waals surface area contributed by atoms with Crippen molar-refractivity contribution in [1.82, 2.24) is 9.97 Å². The molecule has 2 aromatic heterocycles. The summed E-state index contributed by atoms with van der Waals surface area (Å²) in [7, 11) is 0. The van der Waals surface area contributed by atoms with Gasteiger partial charge >= 0.3 is 0 Å². The molecular weight excluding hydrogens is 917 g/mol. The average molecular weight is 969 g/mol. The summed E-state index contributed by atoms with van der Waals surface area (Å²) in [5, 5.41) is 0. The maximum atomic E-state index is 7.46. The van der Waals surface area contributed by atoms with Crippen LogP contribution in [0.15, 0.2) is 215 Å². The van der Waals surface area contributed by atoms with Crippen LogP contribution in [0.4, 0.5) is 34.1 Å². The average Bonchev–Trinajstić information content (AvgIpc) is 4.39. The van der Waals surface area contributed by atoms with E-state index in [9.17, 15) is 0 Å². The molecule has 0 saturated heterocycles. The summed E-state index contributed by atoms with van der Waals surface area (Å²) >= 11 is 0. The minimum atomic E-state index is -0.872. The van der Waals surface area contributed by atoms with E-state index in [0.717, 1.165) is 101 Å². The smallest absolute Gasteiger partial charge is 0.227 e. The maximum Gasteiger partial charge on any atom is 0.227 e. The lowest BCUT2D eigenvalue weighted by Gasteiger charge is -2.34. The van der Waals surface area contributed by atoms with Gasteiger partial charge in [-0.15, -0.1) is 0 Å². The monoisotopic (exact) mass is 968 g/mol. The molecule has 0 fully saturated rings. The highest BCUT2D eigenvalue weighted by Crippen LogP contribution is 2.67. The van der Waals surface area contributed by atoms with E-state index in [4.69, 9.17) is 18.8 Å². The topological polar surface area (TPSA) is 58.5 Å². The first-order chi connectivity index (χ1) is 36.7. The highest BCUT2D eigenvalue weighted by Gasteiger charge is 2.55. The van der Waals surface area contributed by atoms with Crippen LogP contribution >= 0.6 is 0 Å². The van der Waals surface area contributed by atoms with Crippen LogP contribution < -0.4 is 9.80 Å². The molecule has 1 spiro atoms. The van der Waals surface area contributed by atoms with Crippen LogP contribution in [-0.4, -0.2) is 9.97 Å². The SMILES string of the molecule is Cc1ccc(N(c2c(C)cccc2C)c2cc3c(c4oc(-c5ccccc5)nc24)-c2c(cc(N(c4ccc(C)cc4)c4c(C)cccc4C)c4nc(-c5ccccc5)oc24)C32c3ccccc3-c3ccccc32)cc1.